The van der Waals surface area contributed by atoms with Crippen molar-refractivity contribution >= 4 is 17.6 Å². The van der Waals surface area contributed by atoms with Crippen molar-refractivity contribution in [2.24, 2.45) is 0 Å². The highest BCUT2D eigenvalue weighted by molar-refractivity contribution is 5.92. The summed E-state index contributed by atoms with van der Waals surface area (Å²) in [7, 11) is 0. The molecule has 0 bridgehead atoms. The smallest absolute Gasteiger partial charge is 0.319 e. The van der Waals surface area contributed by atoms with E-state index in [1.54, 1.807) is 4.90 Å². The number of nitrogens with zero attached hydrogens (tertiary/aromatic N) is 1. The zero-order chi connectivity index (χ0) is 16.9. The van der Waals surface area contributed by atoms with Gasteiger partial charge in [-0.15, -0.1) is 0 Å². The van der Waals surface area contributed by atoms with Gasteiger partial charge in [0.25, 0.3) is 0 Å². The predicted molar refractivity (Wildman–Crippen MR) is 93.8 cm³/mol. The molecule has 3 rings (SSSR count). The number of fused-ring (bicyclic) bond motifs is 1. The van der Waals surface area contributed by atoms with Crippen molar-refractivity contribution in [2.75, 3.05) is 18.4 Å². The minimum absolute atomic E-state index is 0.000118. The molecular weight excluding hydrogens is 302 g/mol. The van der Waals surface area contributed by atoms with E-state index < -0.39 is 0 Å². The van der Waals surface area contributed by atoms with Gasteiger partial charge in [0.05, 0.1) is 6.54 Å². The minimum atomic E-state index is -0.366. The van der Waals surface area contributed by atoms with Crippen molar-refractivity contribution in [2.45, 2.75) is 19.9 Å². The minimum Gasteiger partial charge on any atom is -0.336 e. The number of urea groups is 1. The third-order valence-corrected chi connectivity index (χ3v) is 4.28. The van der Waals surface area contributed by atoms with Gasteiger partial charge >= 0.3 is 6.03 Å². The van der Waals surface area contributed by atoms with Crippen LogP contribution >= 0.6 is 0 Å². The number of hydrogen-bond donors (Lipinski definition) is 2. The number of hydrogen-bond acceptors (Lipinski definition) is 2. The van der Waals surface area contributed by atoms with Crippen LogP contribution in [-0.4, -0.2) is 29.9 Å². The molecule has 2 aromatic carbocycles. The summed E-state index contributed by atoms with van der Waals surface area (Å²) in [4.78, 5) is 26.1. The average molecular weight is 323 g/mol. The van der Waals surface area contributed by atoms with Gasteiger partial charge in [0.1, 0.15) is 0 Å². The molecule has 2 N–H and O–H groups in total. The zero-order valence-electron chi connectivity index (χ0n) is 13.7. The van der Waals surface area contributed by atoms with Gasteiger partial charge in [0.15, 0.2) is 0 Å². The maximum atomic E-state index is 12.3. The van der Waals surface area contributed by atoms with E-state index in [2.05, 4.69) is 16.7 Å². The van der Waals surface area contributed by atoms with Crippen LogP contribution < -0.4 is 10.6 Å². The molecule has 2 aromatic rings. The molecule has 24 heavy (non-hydrogen) atoms. The Hall–Kier alpha value is -2.82. The largest absolute Gasteiger partial charge is 0.336 e. The van der Waals surface area contributed by atoms with Crippen LogP contribution in [0.1, 0.15) is 16.7 Å². The zero-order valence-corrected chi connectivity index (χ0v) is 13.7. The molecule has 1 heterocycles. The van der Waals surface area contributed by atoms with Crippen molar-refractivity contribution in [1.29, 1.82) is 0 Å². The van der Waals surface area contributed by atoms with Gasteiger partial charge in [0, 0.05) is 18.8 Å². The number of carbonyl (C=O) groups is 2. The molecule has 3 amide bonds. The van der Waals surface area contributed by atoms with Crippen molar-refractivity contribution < 1.29 is 9.59 Å². The van der Waals surface area contributed by atoms with Crippen LogP contribution in [0.25, 0.3) is 0 Å². The van der Waals surface area contributed by atoms with E-state index >= 15 is 0 Å². The maximum Gasteiger partial charge on any atom is 0.319 e. The number of nitrogens with one attached hydrogen (secondary N) is 2. The van der Waals surface area contributed by atoms with E-state index in [9.17, 15) is 9.59 Å². The number of carbonyl (C=O) groups excluding carboxylic acids is 2. The third kappa shape index (κ3) is 3.74. The molecular formula is C19H21N3O2. The number of benzene rings is 2. The molecule has 0 fully saturated rings. The Balaban J connectivity index is 1.51. The Morgan fingerprint density at radius 3 is 2.54 bits per heavy atom. The number of aryl methyl sites for hydroxylation is 1. The Bertz CT molecular complexity index is 758. The Morgan fingerprint density at radius 2 is 1.75 bits per heavy atom. The standard InChI is InChI=1S/C19H21N3O2/c1-14-6-2-5-9-17(14)21-19(24)20-12-18(23)22-11-10-15-7-3-4-8-16(15)13-22/h2-9H,10-13H2,1H3,(H2,20,21,24). The molecule has 5 heteroatoms. The number of amides is 3. The molecule has 0 spiro atoms. The molecule has 0 aromatic heterocycles. The van der Waals surface area contributed by atoms with Crippen molar-refractivity contribution in [3.05, 3.63) is 65.2 Å². The molecule has 0 radical (unpaired) electrons. The van der Waals surface area contributed by atoms with E-state index in [1.807, 2.05) is 49.4 Å². The normalized spacial score (nSPS) is 13.1. The van der Waals surface area contributed by atoms with Crippen LogP contribution in [0.2, 0.25) is 0 Å². The first-order valence-corrected chi connectivity index (χ1v) is 8.08. The highest BCUT2D eigenvalue weighted by atomic mass is 16.2. The quantitative estimate of drug-likeness (QED) is 0.912. The Labute approximate surface area is 141 Å². The average Bonchev–Trinajstić information content (AvgIpc) is 2.61. The predicted octanol–water partition coefficient (Wildman–Crippen LogP) is 2.70. The second kappa shape index (κ2) is 7.17. The monoisotopic (exact) mass is 323 g/mol. The third-order valence-electron chi connectivity index (χ3n) is 4.28. The van der Waals surface area contributed by atoms with E-state index in [-0.39, 0.29) is 18.5 Å². The first-order chi connectivity index (χ1) is 11.6. The second-order valence-corrected chi connectivity index (χ2v) is 5.96. The summed E-state index contributed by atoms with van der Waals surface area (Å²) in [5.74, 6) is -0.0653. The molecule has 124 valence electrons. The highest BCUT2D eigenvalue weighted by Crippen LogP contribution is 2.18. The summed E-state index contributed by atoms with van der Waals surface area (Å²) >= 11 is 0. The molecule has 0 aliphatic carbocycles. The highest BCUT2D eigenvalue weighted by Gasteiger charge is 2.20. The molecule has 1 aliphatic rings. The van der Waals surface area contributed by atoms with Crippen LogP contribution in [0.15, 0.2) is 48.5 Å². The van der Waals surface area contributed by atoms with Gasteiger partial charge in [-0.05, 0) is 36.1 Å². The molecule has 0 saturated heterocycles. The topological polar surface area (TPSA) is 61.4 Å². The summed E-state index contributed by atoms with van der Waals surface area (Å²) in [5.41, 5.74) is 4.20. The molecule has 0 saturated carbocycles. The van der Waals surface area contributed by atoms with Gasteiger partial charge < -0.3 is 15.5 Å². The summed E-state index contributed by atoms with van der Waals surface area (Å²) in [6, 6.07) is 15.3. The summed E-state index contributed by atoms with van der Waals surface area (Å²) in [6.45, 7) is 3.22. The van der Waals surface area contributed by atoms with Gasteiger partial charge in [-0.3, -0.25) is 4.79 Å². The fourth-order valence-corrected chi connectivity index (χ4v) is 2.86. The van der Waals surface area contributed by atoms with Crippen LogP contribution in [0.3, 0.4) is 0 Å². The van der Waals surface area contributed by atoms with E-state index in [4.69, 9.17) is 0 Å². The van der Waals surface area contributed by atoms with Crippen molar-refractivity contribution in [1.82, 2.24) is 10.2 Å². The van der Waals surface area contributed by atoms with E-state index in [0.29, 0.717) is 13.1 Å². The molecule has 1 aliphatic heterocycles. The van der Waals surface area contributed by atoms with Gasteiger partial charge in [-0.1, -0.05) is 42.5 Å². The van der Waals surface area contributed by atoms with Crippen molar-refractivity contribution in [3.63, 3.8) is 0 Å². The van der Waals surface area contributed by atoms with Gasteiger partial charge in [-0.25, -0.2) is 4.79 Å². The Kier molecular flexibility index (Phi) is 4.79. The number of para-hydroxylation sites is 1. The summed E-state index contributed by atoms with van der Waals surface area (Å²) in [5, 5.41) is 5.40. The first kappa shape index (κ1) is 16.1. The summed E-state index contributed by atoms with van der Waals surface area (Å²) < 4.78 is 0. The number of anilines is 1. The molecule has 0 atom stereocenters. The molecule has 5 nitrogen and oxygen atoms in total. The molecule has 0 unspecified atom stereocenters. The summed E-state index contributed by atoms with van der Waals surface area (Å²) in [6.07, 6.45) is 0.858. The first-order valence-electron chi connectivity index (χ1n) is 8.08. The van der Waals surface area contributed by atoms with E-state index in [0.717, 1.165) is 17.7 Å². The lowest BCUT2D eigenvalue weighted by Crippen LogP contribution is -2.43. The Morgan fingerprint density at radius 1 is 1.04 bits per heavy atom. The van der Waals surface area contributed by atoms with Gasteiger partial charge in [-0.2, -0.15) is 0 Å². The lowest BCUT2D eigenvalue weighted by molar-refractivity contribution is -0.130. The van der Waals surface area contributed by atoms with Crippen molar-refractivity contribution in [3.8, 4) is 0 Å². The van der Waals surface area contributed by atoms with Gasteiger partial charge in [0.2, 0.25) is 5.91 Å². The van der Waals surface area contributed by atoms with Crippen LogP contribution in [0, 0.1) is 6.92 Å². The lowest BCUT2D eigenvalue weighted by Gasteiger charge is -2.29. The lowest BCUT2D eigenvalue weighted by atomic mass is 10.00. The van der Waals surface area contributed by atoms with Crippen LogP contribution in [0.5, 0.6) is 0 Å². The SMILES string of the molecule is Cc1ccccc1NC(=O)NCC(=O)N1CCc2ccccc2C1. The maximum absolute atomic E-state index is 12.3. The van der Waals surface area contributed by atoms with Crippen LogP contribution in [-0.2, 0) is 17.8 Å². The van der Waals surface area contributed by atoms with E-state index in [1.165, 1.54) is 11.1 Å². The second-order valence-electron chi connectivity index (χ2n) is 5.96. The number of rotatable bonds is 3. The fraction of sp³-hybridized carbons (Fsp3) is 0.263. The van der Waals surface area contributed by atoms with Crippen LogP contribution in [0.4, 0.5) is 10.5 Å². The fourth-order valence-electron chi connectivity index (χ4n) is 2.86.